The number of hydrogen-bond donors (Lipinski definition) is 1. The second-order valence-corrected chi connectivity index (χ2v) is 7.75. The predicted molar refractivity (Wildman–Crippen MR) is 91.8 cm³/mol. The average molecular weight is 381 g/mol. The number of benzene rings is 1. The largest absolute Gasteiger partial charge is 0.369 e. The summed E-state index contributed by atoms with van der Waals surface area (Å²) in [5, 5.41) is 8.96. The van der Waals surface area contributed by atoms with E-state index in [1.807, 2.05) is 28.9 Å². The Bertz CT molecular complexity index is 824. The molecule has 0 amide bonds. The highest BCUT2D eigenvalue weighted by molar-refractivity contribution is 9.11. The van der Waals surface area contributed by atoms with Gasteiger partial charge in [-0.3, -0.25) is 0 Å². The fraction of sp³-hybridized carbons (Fsp3) is 0.133. The predicted octanol–water partition coefficient (Wildman–Crippen LogP) is 4.98. The molecule has 0 atom stereocenters. The van der Waals surface area contributed by atoms with Crippen molar-refractivity contribution >= 4 is 44.7 Å². The van der Waals surface area contributed by atoms with Gasteiger partial charge in [-0.05, 0) is 52.7 Å². The molecule has 0 unspecified atom stereocenters. The minimum atomic E-state index is 0.718. The molecule has 3 nitrogen and oxygen atoms in total. The molecule has 6 heteroatoms. The molecular formula is C15H11BrClN3S. The van der Waals surface area contributed by atoms with Crippen molar-refractivity contribution in [2.24, 2.45) is 0 Å². The van der Waals surface area contributed by atoms with Gasteiger partial charge in [0.1, 0.15) is 11.5 Å². The normalized spacial score (nSPS) is 13.2. The van der Waals surface area contributed by atoms with Crippen molar-refractivity contribution in [2.45, 2.75) is 6.42 Å². The van der Waals surface area contributed by atoms with Crippen molar-refractivity contribution in [3.05, 3.63) is 50.8 Å². The van der Waals surface area contributed by atoms with Crippen molar-refractivity contribution in [1.82, 2.24) is 9.78 Å². The lowest BCUT2D eigenvalue weighted by Crippen LogP contribution is -2.04. The molecule has 1 N–H and O–H groups in total. The third-order valence-electron chi connectivity index (χ3n) is 3.51. The lowest BCUT2D eigenvalue weighted by molar-refractivity contribution is 0.883. The van der Waals surface area contributed by atoms with Gasteiger partial charge in [0, 0.05) is 17.1 Å². The molecule has 2 aromatic heterocycles. The van der Waals surface area contributed by atoms with E-state index in [0.717, 1.165) is 39.0 Å². The Morgan fingerprint density at radius 1 is 1.29 bits per heavy atom. The van der Waals surface area contributed by atoms with E-state index in [-0.39, 0.29) is 0 Å². The summed E-state index contributed by atoms with van der Waals surface area (Å²) in [6, 6.07) is 11.9. The molecule has 0 radical (unpaired) electrons. The monoisotopic (exact) mass is 379 g/mol. The Labute approximate surface area is 139 Å². The molecule has 106 valence electrons. The average Bonchev–Trinajstić information content (AvgIpc) is 3.14. The maximum absolute atomic E-state index is 6.11. The third-order valence-corrected chi connectivity index (χ3v) is 5.38. The summed E-state index contributed by atoms with van der Waals surface area (Å²) < 4.78 is 3.08. The Hall–Kier alpha value is -1.30. The molecule has 21 heavy (non-hydrogen) atoms. The van der Waals surface area contributed by atoms with Gasteiger partial charge < -0.3 is 5.32 Å². The quantitative estimate of drug-likeness (QED) is 0.679. The van der Waals surface area contributed by atoms with E-state index in [0.29, 0.717) is 0 Å². The maximum Gasteiger partial charge on any atom is 0.133 e. The summed E-state index contributed by atoms with van der Waals surface area (Å²) in [7, 11) is 0. The van der Waals surface area contributed by atoms with Crippen LogP contribution in [0.15, 0.2) is 40.2 Å². The van der Waals surface area contributed by atoms with Gasteiger partial charge in [-0.25, -0.2) is 4.68 Å². The molecule has 0 fully saturated rings. The Balaban J connectivity index is 1.90. The zero-order chi connectivity index (χ0) is 14.4. The molecule has 0 saturated heterocycles. The molecule has 1 aliphatic rings. The molecule has 3 heterocycles. The van der Waals surface area contributed by atoms with Crippen LogP contribution in [0.3, 0.4) is 0 Å². The van der Waals surface area contributed by atoms with Gasteiger partial charge in [0.25, 0.3) is 0 Å². The third kappa shape index (κ3) is 2.29. The number of hydrogen-bond acceptors (Lipinski definition) is 3. The van der Waals surface area contributed by atoms with Crippen LogP contribution >= 0.6 is 38.9 Å². The highest BCUT2D eigenvalue weighted by Crippen LogP contribution is 2.38. The van der Waals surface area contributed by atoms with Crippen LogP contribution in [0.4, 0.5) is 5.82 Å². The standard InChI is InChI=1S/C15H11BrClN3S/c16-13-5-4-12(21-13)14-11-6-7-18-15(11)20(19-14)10-3-1-2-9(17)8-10/h1-5,8,18H,6-7H2. The van der Waals surface area contributed by atoms with Crippen LogP contribution in [-0.4, -0.2) is 16.3 Å². The fourth-order valence-electron chi connectivity index (χ4n) is 2.61. The number of aromatic nitrogens is 2. The Kier molecular flexibility index (Phi) is 3.28. The first-order chi connectivity index (χ1) is 10.2. The molecular weight excluding hydrogens is 370 g/mol. The molecule has 1 aliphatic heterocycles. The van der Waals surface area contributed by atoms with E-state index in [9.17, 15) is 0 Å². The van der Waals surface area contributed by atoms with Gasteiger partial charge in [0.2, 0.25) is 0 Å². The number of nitrogens with zero attached hydrogens (tertiary/aromatic N) is 2. The first kappa shape index (κ1) is 13.4. The van der Waals surface area contributed by atoms with Crippen LogP contribution in [-0.2, 0) is 6.42 Å². The van der Waals surface area contributed by atoms with Gasteiger partial charge in [-0.15, -0.1) is 11.3 Å². The van der Waals surface area contributed by atoms with E-state index in [4.69, 9.17) is 16.7 Å². The van der Waals surface area contributed by atoms with Crippen molar-refractivity contribution in [3.63, 3.8) is 0 Å². The zero-order valence-electron chi connectivity index (χ0n) is 10.9. The minimum absolute atomic E-state index is 0.718. The Morgan fingerprint density at radius 2 is 2.19 bits per heavy atom. The smallest absolute Gasteiger partial charge is 0.133 e. The molecule has 3 aromatic rings. The van der Waals surface area contributed by atoms with Gasteiger partial charge in [-0.2, -0.15) is 5.10 Å². The lowest BCUT2D eigenvalue weighted by atomic mass is 10.2. The van der Waals surface area contributed by atoms with Gasteiger partial charge in [-0.1, -0.05) is 17.7 Å². The summed E-state index contributed by atoms with van der Waals surface area (Å²) in [5.41, 5.74) is 3.32. The van der Waals surface area contributed by atoms with Crippen LogP contribution in [0.5, 0.6) is 0 Å². The fourth-order valence-corrected chi connectivity index (χ4v) is 4.19. The number of anilines is 1. The first-order valence-electron chi connectivity index (χ1n) is 6.60. The van der Waals surface area contributed by atoms with Crippen molar-refractivity contribution in [1.29, 1.82) is 0 Å². The topological polar surface area (TPSA) is 29.9 Å². The zero-order valence-corrected chi connectivity index (χ0v) is 14.1. The van der Waals surface area contributed by atoms with Crippen LogP contribution < -0.4 is 5.32 Å². The van der Waals surface area contributed by atoms with Crippen LogP contribution in [0, 0.1) is 0 Å². The van der Waals surface area contributed by atoms with E-state index >= 15 is 0 Å². The number of fused-ring (bicyclic) bond motifs is 1. The molecule has 0 saturated carbocycles. The summed E-state index contributed by atoms with van der Waals surface area (Å²) in [6.45, 7) is 0.952. The van der Waals surface area contributed by atoms with Crippen molar-refractivity contribution < 1.29 is 0 Å². The van der Waals surface area contributed by atoms with E-state index < -0.39 is 0 Å². The number of nitrogens with one attached hydrogen (secondary N) is 1. The summed E-state index contributed by atoms with van der Waals surface area (Å²) >= 11 is 11.3. The first-order valence-corrected chi connectivity index (χ1v) is 8.58. The summed E-state index contributed by atoms with van der Waals surface area (Å²) in [4.78, 5) is 1.18. The van der Waals surface area contributed by atoms with E-state index in [1.165, 1.54) is 10.4 Å². The minimum Gasteiger partial charge on any atom is -0.369 e. The van der Waals surface area contributed by atoms with E-state index in [2.05, 4.69) is 33.4 Å². The second-order valence-electron chi connectivity index (χ2n) is 4.85. The highest BCUT2D eigenvalue weighted by Gasteiger charge is 2.24. The lowest BCUT2D eigenvalue weighted by Gasteiger charge is -2.06. The summed E-state index contributed by atoms with van der Waals surface area (Å²) in [6.07, 6.45) is 1.00. The molecule has 4 rings (SSSR count). The van der Waals surface area contributed by atoms with Crippen molar-refractivity contribution in [3.8, 4) is 16.3 Å². The molecule has 1 aromatic carbocycles. The van der Waals surface area contributed by atoms with Crippen LogP contribution in [0.2, 0.25) is 5.02 Å². The molecule has 0 spiro atoms. The summed E-state index contributed by atoms with van der Waals surface area (Å²) in [5.74, 6) is 1.08. The van der Waals surface area contributed by atoms with E-state index in [1.54, 1.807) is 11.3 Å². The number of thiophene rings is 1. The highest BCUT2D eigenvalue weighted by atomic mass is 79.9. The Morgan fingerprint density at radius 3 is 2.95 bits per heavy atom. The van der Waals surface area contributed by atoms with Gasteiger partial charge in [0.05, 0.1) is 14.4 Å². The molecule has 0 bridgehead atoms. The van der Waals surface area contributed by atoms with Crippen molar-refractivity contribution in [2.75, 3.05) is 11.9 Å². The van der Waals surface area contributed by atoms with Gasteiger partial charge in [0.15, 0.2) is 0 Å². The maximum atomic E-state index is 6.11. The van der Waals surface area contributed by atoms with Gasteiger partial charge >= 0.3 is 0 Å². The van der Waals surface area contributed by atoms with Crippen LogP contribution in [0.25, 0.3) is 16.3 Å². The van der Waals surface area contributed by atoms with Crippen LogP contribution in [0.1, 0.15) is 5.56 Å². The number of halogens is 2. The molecule has 0 aliphatic carbocycles. The SMILES string of the molecule is Clc1cccc(-n2nc(-c3ccc(Br)s3)c3c2NCC3)c1. The second kappa shape index (κ2) is 5.16. The number of rotatable bonds is 2.